The Morgan fingerprint density at radius 2 is 1.93 bits per heavy atom. The number of hydrogen-bond acceptors (Lipinski definition) is 5. The Kier molecular flexibility index (Phi) is 6.00. The van der Waals surface area contributed by atoms with Crippen LogP contribution in [0.4, 0.5) is 5.69 Å². The highest BCUT2D eigenvalue weighted by molar-refractivity contribution is 7.89. The fourth-order valence-electron chi connectivity index (χ4n) is 2.79. The van der Waals surface area contributed by atoms with Crippen molar-refractivity contribution < 1.29 is 17.9 Å². The third-order valence-corrected chi connectivity index (χ3v) is 5.72. The summed E-state index contributed by atoms with van der Waals surface area (Å²) in [4.78, 5) is 12.6. The molecule has 0 aliphatic heterocycles. The maximum absolute atomic E-state index is 12.7. The molecule has 0 aliphatic rings. The molecule has 0 atom stereocenters. The van der Waals surface area contributed by atoms with E-state index in [0.29, 0.717) is 5.69 Å². The molecule has 0 saturated carbocycles. The summed E-state index contributed by atoms with van der Waals surface area (Å²) in [6.07, 6.45) is 1.64. The van der Waals surface area contributed by atoms with Gasteiger partial charge < -0.3 is 10.1 Å². The number of methoxy groups -OCH3 is 1. The fraction of sp³-hybridized carbons (Fsp3) is 0.200. The van der Waals surface area contributed by atoms with E-state index < -0.39 is 15.9 Å². The van der Waals surface area contributed by atoms with Crippen LogP contribution in [-0.2, 0) is 10.0 Å². The zero-order valence-corrected chi connectivity index (χ0v) is 17.1. The van der Waals surface area contributed by atoms with E-state index in [9.17, 15) is 13.2 Å². The van der Waals surface area contributed by atoms with Gasteiger partial charge in [-0.1, -0.05) is 12.1 Å². The number of benzene rings is 2. The van der Waals surface area contributed by atoms with Gasteiger partial charge in [0.2, 0.25) is 10.0 Å². The Morgan fingerprint density at radius 1 is 1.14 bits per heavy atom. The topological polar surface area (TPSA) is 113 Å². The van der Waals surface area contributed by atoms with E-state index in [1.807, 2.05) is 18.2 Å². The second-order valence-electron chi connectivity index (χ2n) is 6.65. The smallest absolute Gasteiger partial charge is 0.255 e. The van der Waals surface area contributed by atoms with Crippen LogP contribution in [0.2, 0.25) is 0 Å². The van der Waals surface area contributed by atoms with Gasteiger partial charge in [-0.05, 0) is 50.2 Å². The molecule has 9 heteroatoms. The average molecular weight is 414 g/mol. The summed E-state index contributed by atoms with van der Waals surface area (Å²) in [5.74, 6) is -0.272. The third-order valence-electron chi connectivity index (χ3n) is 4.04. The summed E-state index contributed by atoms with van der Waals surface area (Å²) in [5, 5.41) is 9.57. The second-order valence-corrected chi connectivity index (χ2v) is 8.33. The molecule has 2 aromatic carbocycles. The minimum Gasteiger partial charge on any atom is -0.495 e. The van der Waals surface area contributed by atoms with E-state index in [1.165, 1.54) is 25.3 Å². The second kappa shape index (κ2) is 8.46. The largest absolute Gasteiger partial charge is 0.495 e. The minimum atomic E-state index is -3.83. The minimum absolute atomic E-state index is 0.0902. The van der Waals surface area contributed by atoms with Crippen molar-refractivity contribution in [3.63, 3.8) is 0 Å². The molecule has 1 amide bonds. The quantitative estimate of drug-likeness (QED) is 0.550. The Hall–Kier alpha value is -3.17. The van der Waals surface area contributed by atoms with Gasteiger partial charge in [0.05, 0.1) is 12.8 Å². The lowest BCUT2D eigenvalue weighted by molar-refractivity contribution is 0.102. The predicted octanol–water partition coefficient (Wildman–Crippen LogP) is 3.02. The van der Waals surface area contributed by atoms with Crippen LogP contribution in [0.5, 0.6) is 5.75 Å². The fourth-order valence-corrected chi connectivity index (χ4v) is 4.23. The van der Waals surface area contributed by atoms with Crippen molar-refractivity contribution in [2.24, 2.45) is 0 Å². The van der Waals surface area contributed by atoms with E-state index in [1.54, 1.807) is 32.2 Å². The molecule has 152 valence electrons. The summed E-state index contributed by atoms with van der Waals surface area (Å²) in [6.45, 7) is 3.43. The first-order valence-corrected chi connectivity index (χ1v) is 10.4. The molecule has 0 fully saturated rings. The van der Waals surface area contributed by atoms with Gasteiger partial charge in [-0.3, -0.25) is 9.89 Å². The number of carbonyl (C=O) groups excluding carboxylic acids is 1. The number of ether oxygens (including phenoxy) is 1. The summed E-state index contributed by atoms with van der Waals surface area (Å²) in [7, 11) is -2.45. The van der Waals surface area contributed by atoms with Crippen molar-refractivity contribution in [2.45, 2.75) is 24.8 Å². The van der Waals surface area contributed by atoms with Gasteiger partial charge in [-0.15, -0.1) is 0 Å². The molecule has 29 heavy (non-hydrogen) atoms. The Labute approximate surface area is 169 Å². The predicted molar refractivity (Wildman–Crippen MR) is 110 cm³/mol. The molecular weight excluding hydrogens is 392 g/mol. The number of aromatic amines is 1. The van der Waals surface area contributed by atoms with Gasteiger partial charge in [0.25, 0.3) is 5.91 Å². The summed E-state index contributed by atoms with van der Waals surface area (Å²) >= 11 is 0. The highest BCUT2D eigenvalue weighted by atomic mass is 32.2. The summed E-state index contributed by atoms with van der Waals surface area (Å²) in [6, 6.07) is 13.0. The maximum atomic E-state index is 12.7. The number of hydrogen-bond donors (Lipinski definition) is 3. The highest BCUT2D eigenvalue weighted by Crippen LogP contribution is 2.26. The third kappa shape index (κ3) is 4.82. The molecule has 8 nitrogen and oxygen atoms in total. The lowest BCUT2D eigenvalue weighted by atomic mass is 10.1. The zero-order chi connectivity index (χ0) is 21.0. The Morgan fingerprint density at radius 3 is 2.59 bits per heavy atom. The number of sulfonamides is 1. The number of carbonyl (C=O) groups is 1. The van der Waals surface area contributed by atoms with Crippen molar-refractivity contribution >= 4 is 21.6 Å². The normalized spacial score (nSPS) is 11.4. The van der Waals surface area contributed by atoms with Crippen LogP contribution in [0.25, 0.3) is 11.3 Å². The van der Waals surface area contributed by atoms with Crippen molar-refractivity contribution in [1.82, 2.24) is 14.9 Å². The lowest BCUT2D eigenvalue weighted by Gasteiger charge is -2.14. The van der Waals surface area contributed by atoms with Crippen LogP contribution in [-0.4, -0.2) is 37.7 Å². The average Bonchev–Trinajstić information content (AvgIpc) is 3.21. The number of nitrogens with one attached hydrogen (secondary N) is 3. The van der Waals surface area contributed by atoms with Crippen LogP contribution < -0.4 is 14.8 Å². The van der Waals surface area contributed by atoms with Crippen molar-refractivity contribution in [3.8, 4) is 17.0 Å². The van der Waals surface area contributed by atoms with Gasteiger partial charge in [0, 0.05) is 29.1 Å². The van der Waals surface area contributed by atoms with E-state index >= 15 is 0 Å². The Balaban J connectivity index is 1.88. The van der Waals surface area contributed by atoms with Crippen LogP contribution in [0, 0.1) is 0 Å². The van der Waals surface area contributed by atoms with Crippen LogP contribution in [0.15, 0.2) is 59.6 Å². The number of aromatic nitrogens is 2. The number of anilines is 1. The maximum Gasteiger partial charge on any atom is 0.255 e. The lowest BCUT2D eigenvalue weighted by Crippen LogP contribution is -2.30. The molecule has 3 aromatic rings. The highest BCUT2D eigenvalue weighted by Gasteiger charge is 2.22. The van der Waals surface area contributed by atoms with E-state index in [2.05, 4.69) is 20.2 Å². The van der Waals surface area contributed by atoms with Crippen LogP contribution >= 0.6 is 0 Å². The molecule has 0 saturated heterocycles. The number of rotatable bonds is 7. The molecule has 3 rings (SSSR count). The molecule has 3 N–H and O–H groups in total. The molecule has 0 radical (unpaired) electrons. The molecule has 0 bridgehead atoms. The van der Waals surface area contributed by atoms with E-state index in [4.69, 9.17) is 4.74 Å². The Bertz CT molecular complexity index is 1110. The molecule has 1 aromatic heterocycles. The van der Waals surface area contributed by atoms with Gasteiger partial charge in [-0.25, -0.2) is 13.1 Å². The monoisotopic (exact) mass is 414 g/mol. The molecule has 0 spiro atoms. The summed E-state index contributed by atoms with van der Waals surface area (Å²) in [5.41, 5.74) is 2.45. The first kappa shape index (κ1) is 20.6. The molecule has 0 unspecified atom stereocenters. The number of nitrogens with zero attached hydrogens (tertiary/aromatic N) is 1. The first-order valence-electron chi connectivity index (χ1n) is 8.91. The van der Waals surface area contributed by atoms with Gasteiger partial charge in [0.1, 0.15) is 10.6 Å². The van der Waals surface area contributed by atoms with Gasteiger partial charge in [-0.2, -0.15) is 5.10 Å². The SMILES string of the molecule is COc1ccc(C(=O)Nc2cccc(-c3ccn[nH]3)c2)cc1S(=O)(=O)NC(C)C. The number of amides is 1. The number of H-pyrrole nitrogens is 1. The molecule has 1 heterocycles. The van der Waals surface area contributed by atoms with E-state index in [-0.39, 0.29) is 22.3 Å². The van der Waals surface area contributed by atoms with Crippen molar-refractivity contribution in [2.75, 3.05) is 12.4 Å². The van der Waals surface area contributed by atoms with Crippen molar-refractivity contribution in [3.05, 3.63) is 60.3 Å². The molecule has 0 aliphatic carbocycles. The first-order chi connectivity index (χ1) is 13.8. The van der Waals surface area contributed by atoms with E-state index in [0.717, 1.165) is 11.3 Å². The van der Waals surface area contributed by atoms with Crippen molar-refractivity contribution in [1.29, 1.82) is 0 Å². The molecular formula is C20H22N4O4S. The summed E-state index contributed by atoms with van der Waals surface area (Å²) < 4.78 is 32.9. The van der Waals surface area contributed by atoms with Gasteiger partial charge in [0.15, 0.2) is 0 Å². The van der Waals surface area contributed by atoms with Gasteiger partial charge >= 0.3 is 0 Å². The van der Waals surface area contributed by atoms with Crippen LogP contribution in [0.1, 0.15) is 24.2 Å². The van der Waals surface area contributed by atoms with Crippen LogP contribution in [0.3, 0.4) is 0 Å². The zero-order valence-electron chi connectivity index (χ0n) is 16.3. The standard InChI is InChI=1S/C20H22N4O4S/c1-13(2)24-29(26,27)19-12-15(7-8-18(19)28-3)20(25)22-16-6-4-5-14(11-16)17-9-10-21-23-17/h4-13,24H,1-3H3,(H,21,23)(H,22,25).